The van der Waals surface area contributed by atoms with Crippen LogP contribution >= 0.6 is 0 Å². The summed E-state index contributed by atoms with van der Waals surface area (Å²) in [5.41, 5.74) is 3.57. The van der Waals surface area contributed by atoms with Crippen LogP contribution in [-0.4, -0.2) is 43.4 Å². The molecule has 0 radical (unpaired) electrons. The summed E-state index contributed by atoms with van der Waals surface area (Å²) in [5.74, 6) is -0.261. The van der Waals surface area contributed by atoms with Gasteiger partial charge in [0.25, 0.3) is 0 Å². The van der Waals surface area contributed by atoms with E-state index in [4.69, 9.17) is 0 Å². The van der Waals surface area contributed by atoms with Crippen molar-refractivity contribution in [1.82, 2.24) is 10.6 Å². The number of phenolic OH excluding ortho intramolecular Hbond substituents is 1. The minimum absolute atomic E-state index is 0.0186. The van der Waals surface area contributed by atoms with Gasteiger partial charge in [0.1, 0.15) is 5.75 Å². The molecule has 4 aromatic rings. The number of hydrogen-bond acceptors (Lipinski definition) is 6. The van der Waals surface area contributed by atoms with Gasteiger partial charge in [0, 0.05) is 19.1 Å². The maximum Gasteiger partial charge on any atom is 0.229 e. The Morgan fingerprint density at radius 2 is 1.65 bits per heavy atom. The number of anilines is 1. The second kappa shape index (κ2) is 13.0. The summed E-state index contributed by atoms with van der Waals surface area (Å²) in [6.07, 6.45) is 1.06. The van der Waals surface area contributed by atoms with E-state index in [0.29, 0.717) is 18.5 Å². The third-order valence-corrected chi connectivity index (χ3v) is 7.21. The van der Waals surface area contributed by atoms with E-state index >= 15 is 0 Å². The smallest absolute Gasteiger partial charge is 0.229 e. The number of nitrogens with one attached hydrogen (secondary N) is 3. The van der Waals surface area contributed by atoms with Crippen LogP contribution in [-0.2, 0) is 34.2 Å². The number of fused-ring (bicyclic) bond motifs is 1. The Balaban J connectivity index is 1.28. The van der Waals surface area contributed by atoms with Gasteiger partial charge in [-0.25, -0.2) is 8.42 Å². The second-order valence-corrected chi connectivity index (χ2v) is 11.8. The van der Waals surface area contributed by atoms with Gasteiger partial charge in [0.15, 0.2) is 0 Å². The van der Waals surface area contributed by atoms with Crippen molar-refractivity contribution in [3.05, 3.63) is 107 Å². The van der Waals surface area contributed by atoms with E-state index in [1.165, 1.54) is 12.1 Å². The number of carbonyl (C=O) groups excluding carboxylic acids is 1. The zero-order valence-corrected chi connectivity index (χ0v) is 23.4. The number of rotatable bonds is 12. The zero-order chi connectivity index (χ0) is 28.7. The zero-order valence-electron chi connectivity index (χ0n) is 22.6. The van der Waals surface area contributed by atoms with Gasteiger partial charge in [-0.3, -0.25) is 9.52 Å². The molecule has 0 spiro atoms. The molecule has 1 amide bonds. The molecular formula is C31H35N3O5S. The molecule has 0 fully saturated rings. The molecule has 0 saturated carbocycles. The van der Waals surface area contributed by atoms with Crippen molar-refractivity contribution in [3.8, 4) is 5.75 Å². The van der Waals surface area contributed by atoms with Gasteiger partial charge in [0.05, 0.1) is 24.5 Å². The van der Waals surface area contributed by atoms with E-state index in [1.54, 1.807) is 6.07 Å². The maximum absolute atomic E-state index is 12.7. The van der Waals surface area contributed by atoms with Gasteiger partial charge >= 0.3 is 0 Å². The first-order chi connectivity index (χ1) is 19.1. The average Bonchev–Trinajstić information content (AvgIpc) is 2.91. The first-order valence-electron chi connectivity index (χ1n) is 13.1. The standard InChI is InChI=1S/C31H35N3O5S/c1-21(32-20-30(36)25-13-14-29(35)28(18-25)34-40(2,38)39)15-22-7-5-8-23(16-22)17-31(37)33-19-26-11-6-10-24-9-3-4-12-27(24)26/h3-14,16,18,21,30,32,34-36H,15,17,19-20H2,1-2H3,(H,33,37)/t21-,30+/m1/s1. The van der Waals surface area contributed by atoms with Crippen LogP contribution in [0.25, 0.3) is 10.8 Å². The van der Waals surface area contributed by atoms with E-state index in [9.17, 15) is 23.4 Å². The topological polar surface area (TPSA) is 128 Å². The highest BCUT2D eigenvalue weighted by molar-refractivity contribution is 7.92. The molecule has 0 aliphatic rings. The number of carbonyl (C=O) groups is 1. The normalized spacial score (nSPS) is 13.1. The van der Waals surface area contributed by atoms with E-state index in [0.717, 1.165) is 33.7 Å². The van der Waals surface area contributed by atoms with Crippen LogP contribution in [0, 0.1) is 0 Å². The van der Waals surface area contributed by atoms with Crippen molar-refractivity contribution in [1.29, 1.82) is 0 Å². The SMILES string of the molecule is C[C@H](Cc1cccc(CC(=O)NCc2cccc3ccccc23)c1)NC[C@H](O)c1ccc(O)c(NS(C)(=O)=O)c1. The van der Waals surface area contributed by atoms with Crippen LogP contribution in [0.5, 0.6) is 5.75 Å². The summed E-state index contributed by atoms with van der Waals surface area (Å²) in [4.78, 5) is 12.7. The Morgan fingerprint density at radius 3 is 2.45 bits per heavy atom. The molecule has 9 heteroatoms. The molecular weight excluding hydrogens is 526 g/mol. The Hall–Kier alpha value is -3.92. The Labute approximate surface area is 235 Å². The highest BCUT2D eigenvalue weighted by atomic mass is 32.2. The molecule has 0 aliphatic carbocycles. The molecule has 0 saturated heterocycles. The Bertz CT molecular complexity index is 1580. The number of phenols is 1. The van der Waals surface area contributed by atoms with Crippen LogP contribution in [0.3, 0.4) is 0 Å². The van der Waals surface area contributed by atoms with Crippen LogP contribution in [0.15, 0.2) is 84.9 Å². The fourth-order valence-electron chi connectivity index (χ4n) is 4.65. The van der Waals surface area contributed by atoms with Crippen LogP contribution < -0.4 is 15.4 Å². The molecule has 0 aromatic heterocycles. The van der Waals surface area contributed by atoms with Gasteiger partial charge in [0.2, 0.25) is 15.9 Å². The van der Waals surface area contributed by atoms with Crippen LogP contribution in [0.4, 0.5) is 5.69 Å². The fourth-order valence-corrected chi connectivity index (χ4v) is 5.22. The largest absolute Gasteiger partial charge is 0.506 e. The number of sulfonamides is 1. The lowest BCUT2D eigenvalue weighted by Gasteiger charge is -2.19. The van der Waals surface area contributed by atoms with Crippen LogP contribution in [0.1, 0.15) is 35.3 Å². The lowest BCUT2D eigenvalue weighted by Crippen LogP contribution is -2.32. The molecule has 4 rings (SSSR count). The molecule has 2 atom stereocenters. The van der Waals surface area contributed by atoms with Gasteiger partial charge in [-0.1, -0.05) is 72.8 Å². The van der Waals surface area contributed by atoms with Crippen molar-refractivity contribution in [2.75, 3.05) is 17.5 Å². The molecule has 0 aliphatic heterocycles. The molecule has 210 valence electrons. The van der Waals surface area contributed by atoms with E-state index in [-0.39, 0.29) is 36.4 Å². The van der Waals surface area contributed by atoms with E-state index in [2.05, 4.69) is 33.6 Å². The molecule has 40 heavy (non-hydrogen) atoms. The van der Waals surface area contributed by atoms with Crippen molar-refractivity contribution in [2.45, 2.75) is 38.5 Å². The molecule has 5 N–H and O–H groups in total. The van der Waals surface area contributed by atoms with Crippen LogP contribution in [0.2, 0.25) is 0 Å². The highest BCUT2D eigenvalue weighted by Crippen LogP contribution is 2.28. The number of aliphatic hydroxyl groups excluding tert-OH is 1. The monoisotopic (exact) mass is 561 g/mol. The second-order valence-electron chi connectivity index (χ2n) is 10.1. The van der Waals surface area contributed by atoms with E-state index in [1.807, 2.05) is 55.5 Å². The first kappa shape index (κ1) is 29.1. The Kier molecular flexibility index (Phi) is 9.42. The molecule has 4 aromatic carbocycles. The lowest BCUT2D eigenvalue weighted by molar-refractivity contribution is -0.120. The van der Waals surface area contributed by atoms with Gasteiger partial charge in [-0.2, -0.15) is 0 Å². The summed E-state index contributed by atoms with van der Waals surface area (Å²) in [6, 6.07) is 26.5. The van der Waals surface area contributed by atoms with Crippen molar-refractivity contribution in [2.24, 2.45) is 0 Å². The average molecular weight is 562 g/mol. The summed E-state index contributed by atoms with van der Waals surface area (Å²) in [5, 5.41) is 29.1. The summed E-state index contributed by atoms with van der Waals surface area (Å²) in [6.45, 7) is 2.71. The minimum atomic E-state index is -3.57. The number of aromatic hydroxyl groups is 1. The predicted octanol–water partition coefficient (Wildman–Crippen LogP) is 4.03. The lowest BCUT2D eigenvalue weighted by atomic mass is 10.0. The summed E-state index contributed by atoms with van der Waals surface area (Å²) in [7, 11) is -3.57. The van der Waals surface area contributed by atoms with Crippen molar-refractivity contribution in [3.63, 3.8) is 0 Å². The number of amides is 1. The van der Waals surface area contributed by atoms with Crippen molar-refractivity contribution >= 4 is 32.4 Å². The van der Waals surface area contributed by atoms with E-state index < -0.39 is 16.1 Å². The number of hydrogen-bond donors (Lipinski definition) is 5. The number of benzene rings is 4. The third kappa shape index (κ3) is 8.29. The number of aliphatic hydroxyl groups is 1. The summed E-state index contributed by atoms with van der Waals surface area (Å²) < 4.78 is 25.3. The molecule has 0 unspecified atom stereocenters. The fraction of sp³-hybridized carbons (Fsp3) is 0.258. The predicted molar refractivity (Wildman–Crippen MR) is 159 cm³/mol. The highest BCUT2D eigenvalue weighted by Gasteiger charge is 2.14. The third-order valence-electron chi connectivity index (χ3n) is 6.61. The summed E-state index contributed by atoms with van der Waals surface area (Å²) >= 11 is 0. The van der Waals surface area contributed by atoms with Crippen molar-refractivity contribution < 1.29 is 23.4 Å². The molecule has 8 nitrogen and oxygen atoms in total. The van der Waals surface area contributed by atoms with Gasteiger partial charge in [-0.15, -0.1) is 0 Å². The molecule has 0 heterocycles. The maximum atomic E-state index is 12.7. The molecule has 0 bridgehead atoms. The first-order valence-corrected chi connectivity index (χ1v) is 15.0. The van der Waals surface area contributed by atoms with Gasteiger partial charge < -0.3 is 20.8 Å². The minimum Gasteiger partial charge on any atom is -0.506 e. The quantitative estimate of drug-likeness (QED) is 0.166. The Morgan fingerprint density at radius 1 is 0.925 bits per heavy atom. The van der Waals surface area contributed by atoms with Gasteiger partial charge in [-0.05, 0) is 58.5 Å².